The van der Waals surface area contributed by atoms with E-state index in [0.717, 1.165) is 42.7 Å². The van der Waals surface area contributed by atoms with Gasteiger partial charge in [-0.25, -0.2) is 4.79 Å². The maximum atomic E-state index is 12.6. The number of aliphatic carboxylic acids is 1. The highest BCUT2D eigenvalue weighted by Crippen LogP contribution is 2.24. The summed E-state index contributed by atoms with van der Waals surface area (Å²) in [6, 6.07) is 3.55. The average molecular weight is 563 g/mol. The first-order chi connectivity index (χ1) is 18.4. The summed E-state index contributed by atoms with van der Waals surface area (Å²) >= 11 is 1.48. The molecule has 0 bridgehead atoms. The van der Waals surface area contributed by atoms with E-state index in [2.05, 4.69) is 40.7 Å². The molecule has 39 heavy (non-hydrogen) atoms. The van der Waals surface area contributed by atoms with Crippen LogP contribution in [0.1, 0.15) is 120 Å². The van der Waals surface area contributed by atoms with Gasteiger partial charge >= 0.3 is 11.9 Å². The lowest BCUT2D eigenvalue weighted by Crippen LogP contribution is -2.20. The standard InChI is InChI=1S/C32H50O6S/c1-22(2)9-6-10-23(3)11-7-12-24(4)13-8-14-25(5)17-18-39-21-27(31(35)36)20-30(34)26-15-16-29(33)28(19-26)32(37)38/h15-17,19,22-24,27,33H,6-14,18,20-21H2,1-5H3,(H,35,36)(H,37,38)/b25-17+. The van der Waals surface area contributed by atoms with Gasteiger partial charge in [-0.1, -0.05) is 84.3 Å². The quantitative estimate of drug-likeness (QED) is 0.0782. The SMILES string of the molecule is C/C(=C\CSCC(CC(=O)c1ccc(O)c(C(=O)O)c1)C(=O)O)CCCC(C)CCCC(C)CCCC(C)C. The van der Waals surface area contributed by atoms with Crippen LogP contribution in [0.2, 0.25) is 0 Å². The molecule has 0 spiro atoms. The molecule has 1 aromatic carbocycles. The first-order valence-electron chi connectivity index (χ1n) is 14.5. The summed E-state index contributed by atoms with van der Waals surface area (Å²) in [6.07, 6.45) is 13.3. The second kappa shape index (κ2) is 18.9. The molecule has 6 nitrogen and oxygen atoms in total. The van der Waals surface area contributed by atoms with Crippen molar-refractivity contribution >= 4 is 29.5 Å². The Balaban J connectivity index is 2.33. The number of carbonyl (C=O) groups is 3. The topological polar surface area (TPSA) is 112 Å². The zero-order valence-corrected chi connectivity index (χ0v) is 25.4. The first kappa shape index (κ1) is 34.7. The molecule has 220 valence electrons. The molecule has 1 aromatic rings. The number of carboxylic acids is 2. The van der Waals surface area contributed by atoms with E-state index in [1.165, 1.54) is 68.3 Å². The number of allylic oxidation sites excluding steroid dienone is 1. The van der Waals surface area contributed by atoms with Crippen molar-refractivity contribution in [1.82, 2.24) is 0 Å². The maximum absolute atomic E-state index is 12.6. The van der Waals surface area contributed by atoms with E-state index in [9.17, 15) is 24.6 Å². The second-order valence-electron chi connectivity index (χ2n) is 11.6. The molecule has 0 saturated heterocycles. The summed E-state index contributed by atoms with van der Waals surface area (Å²) in [5, 5.41) is 28.3. The highest BCUT2D eigenvalue weighted by molar-refractivity contribution is 7.99. The van der Waals surface area contributed by atoms with Crippen LogP contribution in [-0.4, -0.2) is 44.5 Å². The van der Waals surface area contributed by atoms with Gasteiger partial charge in [0.1, 0.15) is 11.3 Å². The molecule has 0 aliphatic rings. The molecular weight excluding hydrogens is 512 g/mol. The predicted octanol–water partition coefficient (Wildman–Crippen LogP) is 8.48. The second-order valence-corrected chi connectivity index (χ2v) is 12.7. The van der Waals surface area contributed by atoms with E-state index in [4.69, 9.17) is 5.11 Å². The zero-order valence-electron chi connectivity index (χ0n) is 24.6. The number of Topliss-reactive ketones (excluding diaryl/α,β-unsaturated/α-hetero) is 1. The van der Waals surface area contributed by atoms with Crippen molar-refractivity contribution in [3.05, 3.63) is 41.0 Å². The van der Waals surface area contributed by atoms with Gasteiger partial charge in [0.25, 0.3) is 0 Å². The number of phenols is 1. The molecule has 0 saturated carbocycles. The number of thioether (sulfide) groups is 1. The first-order valence-corrected chi connectivity index (χ1v) is 15.6. The van der Waals surface area contributed by atoms with Gasteiger partial charge in [0.2, 0.25) is 0 Å². The van der Waals surface area contributed by atoms with Crippen LogP contribution in [0.3, 0.4) is 0 Å². The summed E-state index contributed by atoms with van der Waals surface area (Å²) in [4.78, 5) is 35.5. The van der Waals surface area contributed by atoms with Crippen LogP contribution in [0.4, 0.5) is 0 Å². The highest BCUT2D eigenvalue weighted by atomic mass is 32.2. The van der Waals surface area contributed by atoms with Gasteiger partial charge in [-0.2, -0.15) is 11.8 Å². The fraction of sp³-hybridized carbons (Fsp3) is 0.656. The van der Waals surface area contributed by atoms with Crippen LogP contribution in [0.5, 0.6) is 5.75 Å². The van der Waals surface area contributed by atoms with E-state index in [0.29, 0.717) is 11.5 Å². The molecule has 0 amide bonds. The van der Waals surface area contributed by atoms with Crippen molar-refractivity contribution < 1.29 is 29.7 Å². The smallest absolute Gasteiger partial charge is 0.339 e. The Hall–Kier alpha value is -2.28. The molecule has 0 aromatic heterocycles. The van der Waals surface area contributed by atoms with Crippen LogP contribution >= 0.6 is 11.8 Å². The summed E-state index contributed by atoms with van der Waals surface area (Å²) in [6.45, 7) is 11.5. The number of carboxylic acid groups (broad SMARTS) is 2. The number of rotatable bonds is 21. The van der Waals surface area contributed by atoms with Crippen molar-refractivity contribution in [1.29, 1.82) is 0 Å². The number of benzene rings is 1. The number of hydrogen-bond acceptors (Lipinski definition) is 5. The van der Waals surface area contributed by atoms with Crippen molar-refractivity contribution in [2.75, 3.05) is 11.5 Å². The van der Waals surface area contributed by atoms with Crippen LogP contribution < -0.4 is 0 Å². The predicted molar refractivity (Wildman–Crippen MR) is 161 cm³/mol. The maximum Gasteiger partial charge on any atom is 0.339 e. The lowest BCUT2D eigenvalue weighted by atomic mass is 9.91. The minimum Gasteiger partial charge on any atom is -0.507 e. The number of aromatic carboxylic acids is 1. The van der Waals surface area contributed by atoms with E-state index in [-0.39, 0.29) is 17.5 Å². The van der Waals surface area contributed by atoms with Crippen LogP contribution in [0.15, 0.2) is 29.8 Å². The molecule has 0 heterocycles. The lowest BCUT2D eigenvalue weighted by Gasteiger charge is -2.15. The van der Waals surface area contributed by atoms with Crippen molar-refractivity contribution in [2.24, 2.45) is 23.7 Å². The third-order valence-corrected chi connectivity index (χ3v) is 8.38. The Morgan fingerprint density at radius 1 is 0.897 bits per heavy atom. The molecule has 1 rings (SSSR count). The summed E-state index contributed by atoms with van der Waals surface area (Å²) < 4.78 is 0. The van der Waals surface area contributed by atoms with E-state index in [1.807, 2.05) is 0 Å². The molecule has 7 heteroatoms. The summed E-state index contributed by atoms with van der Waals surface area (Å²) in [5.74, 6) is -0.783. The van der Waals surface area contributed by atoms with E-state index >= 15 is 0 Å². The van der Waals surface area contributed by atoms with Gasteiger partial charge in [-0.15, -0.1) is 0 Å². The minimum absolute atomic E-state index is 0.0857. The normalized spacial score (nSPS) is 14.3. The third-order valence-electron chi connectivity index (χ3n) is 7.34. The molecule has 0 fully saturated rings. The molecule has 3 atom stereocenters. The fourth-order valence-electron chi connectivity index (χ4n) is 4.66. The molecule has 0 aliphatic heterocycles. The van der Waals surface area contributed by atoms with Crippen LogP contribution in [0, 0.1) is 23.7 Å². The average Bonchev–Trinajstić information content (AvgIpc) is 2.85. The minimum atomic E-state index is -1.35. The zero-order chi connectivity index (χ0) is 29.4. The summed E-state index contributed by atoms with van der Waals surface area (Å²) in [5.41, 5.74) is 1.02. The Morgan fingerprint density at radius 3 is 2.05 bits per heavy atom. The number of hydrogen-bond donors (Lipinski definition) is 3. The van der Waals surface area contributed by atoms with Gasteiger partial charge < -0.3 is 15.3 Å². The monoisotopic (exact) mass is 562 g/mol. The molecular formula is C32H50O6S. The largest absolute Gasteiger partial charge is 0.507 e. The van der Waals surface area contributed by atoms with Gasteiger partial charge in [0.05, 0.1) is 5.92 Å². The Labute approximate surface area is 239 Å². The number of carbonyl (C=O) groups excluding carboxylic acids is 1. The van der Waals surface area contributed by atoms with Gasteiger partial charge in [-0.3, -0.25) is 9.59 Å². The number of ketones is 1. The fourth-order valence-corrected chi connectivity index (χ4v) is 5.74. The van der Waals surface area contributed by atoms with Gasteiger partial charge in [0.15, 0.2) is 5.78 Å². The Bertz CT molecular complexity index is 939. The van der Waals surface area contributed by atoms with Gasteiger partial charge in [-0.05, 0) is 55.7 Å². The lowest BCUT2D eigenvalue weighted by molar-refractivity contribution is -0.140. The molecule has 3 unspecified atom stereocenters. The van der Waals surface area contributed by atoms with E-state index < -0.39 is 29.4 Å². The molecule has 0 aliphatic carbocycles. The number of aromatic hydroxyl groups is 1. The van der Waals surface area contributed by atoms with Crippen LogP contribution in [-0.2, 0) is 4.79 Å². The summed E-state index contributed by atoms with van der Waals surface area (Å²) in [7, 11) is 0. The van der Waals surface area contributed by atoms with Gasteiger partial charge in [0, 0.05) is 23.5 Å². The van der Waals surface area contributed by atoms with Crippen molar-refractivity contribution in [3.63, 3.8) is 0 Å². The third kappa shape index (κ3) is 15.2. The highest BCUT2D eigenvalue weighted by Gasteiger charge is 2.23. The molecule has 0 radical (unpaired) electrons. The van der Waals surface area contributed by atoms with Crippen molar-refractivity contribution in [3.8, 4) is 5.75 Å². The van der Waals surface area contributed by atoms with Crippen LogP contribution in [0.25, 0.3) is 0 Å². The Kier molecular flexibility index (Phi) is 16.8. The van der Waals surface area contributed by atoms with E-state index in [1.54, 1.807) is 0 Å². The van der Waals surface area contributed by atoms with Crippen molar-refractivity contribution in [2.45, 2.75) is 98.8 Å². The molecule has 3 N–H and O–H groups in total. The Morgan fingerprint density at radius 2 is 1.49 bits per heavy atom.